The summed E-state index contributed by atoms with van der Waals surface area (Å²) >= 11 is 0. The second-order valence-electron chi connectivity index (χ2n) is 7.56. The van der Waals surface area contributed by atoms with Gasteiger partial charge in [-0.15, -0.1) is 0 Å². The van der Waals surface area contributed by atoms with Crippen LogP contribution in [0, 0.1) is 0 Å². The van der Waals surface area contributed by atoms with E-state index in [2.05, 4.69) is 4.98 Å². The van der Waals surface area contributed by atoms with Gasteiger partial charge in [-0.05, 0) is 30.7 Å². The maximum atomic E-state index is 13.7. The van der Waals surface area contributed by atoms with E-state index < -0.39 is 0 Å². The lowest BCUT2D eigenvalue weighted by Gasteiger charge is -2.30. The monoisotopic (exact) mass is 410 g/mol. The Morgan fingerprint density at radius 2 is 1.74 bits per heavy atom. The first kappa shape index (κ1) is 19.1. The molecule has 0 saturated carbocycles. The average Bonchev–Trinajstić information content (AvgIpc) is 3.32. The fourth-order valence-electron chi connectivity index (χ4n) is 3.93. The van der Waals surface area contributed by atoms with Crippen molar-refractivity contribution < 1.29 is 14.3 Å². The Labute approximate surface area is 180 Å². The lowest BCUT2D eigenvalue weighted by atomic mass is 10.0. The van der Waals surface area contributed by atoms with Gasteiger partial charge in [-0.1, -0.05) is 66.7 Å². The van der Waals surface area contributed by atoms with Gasteiger partial charge in [0.25, 0.3) is 5.91 Å². The molecular formula is C26H22N2O3. The predicted octanol–water partition coefficient (Wildman–Crippen LogP) is 5.37. The van der Waals surface area contributed by atoms with Crippen molar-refractivity contribution in [1.82, 2.24) is 9.88 Å². The van der Waals surface area contributed by atoms with Gasteiger partial charge in [0.05, 0.1) is 18.1 Å². The van der Waals surface area contributed by atoms with Gasteiger partial charge in [0.2, 0.25) is 6.79 Å². The van der Waals surface area contributed by atoms with Gasteiger partial charge >= 0.3 is 0 Å². The molecule has 154 valence electrons. The molecule has 5 rings (SSSR count). The van der Waals surface area contributed by atoms with Crippen molar-refractivity contribution in [2.45, 2.75) is 19.5 Å². The smallest absolute Gasteiger partial charge is 0.273 e. The van der Waals surface area contributed by atoms with Crippen LogP contribution in [0.1, 0.15) is 34.6 Å². The summed E-state index contributed by atoms with van der Waals surface area (Å²) in [6, 6.07) is 27.2. The molecule has 1 aromatic heterocycles. The zero-order valence-corrected chi connectivity index (χ0v) is 17.2. The third-order valence-electron chi connectivity index (χ3n) is 5.65. The first-order chi connectivity index (χ1) is 15.2. The molecule has 4 aromatic rings. The molecule has 1 atom stereocenters. The Bertz CT molecular complexity index is 1240. The van der Waals surface area contributed by atoms with Crippen LogP contribution < -0.4 is 9.47 Å². The van der Waals surface area contributed by atoms with Gasteiger partial charge in [-0.3, -0.25) is 4.79 Å². The van der Waals surface area contributed by atoms with Crippen LogP contribution in [0.3, 0.4) is 0 Å². The highest BCUT2D eigenvalue weighted by atomic mass is 16.7. The second-order valence-corrected chi connectivity index (χ2v) is 7.56. The number of para-hydroxylation sites is 2. The minimum atomic E-state index is -0.153. The number of amides is 1. The van der Waals surface area contributed by atoms with Crippen molar-refractivity contribution >= 4 is 16.8 Å². The molecule has 31 heavy (non-hydrogen) atoms. The summed E-state index contributed by atoms with van der Waals surface area (Å²) in [7, 11) is 0. The fourth-order valence-corrected chi connectivity index (χ4v) is 3.93. The van der Waals surface area contributed by atoms with Crippen molar-refractivity contribution in [2.75, 3.05) is 6.79 Å². The molecule has 0 N–H and O–H groups in total. The molecule has 0 radical (unpaired) electrons. The van der Waals surface area contributed by atoms with Crippen molar-refractivity contribution in [3.8, 4) is 11.5 Å². The highest BCUT2D eigenvalue weighted by Crippen LogP contribution is 2.37. The van der Waals surface area contributed by atoms with E-state index in [1.165, 1.54) is 0 Å². The topological polar surface area (TPSA) is 51.7 Å². The Hall–Kier alpha value is -3.86. The van der Waals surface area contributed by atoms with Gasteiger partial charge in [-0.2, -0.15) is 0 Å². The first-order valence-corrected chi connectivity index (χ1v) is 10.3. The SMILES string of the molecule is C[C@H](c1ccccc1)N(Cc1cccc2c1OCO2)C(=O)c1ccc2ccccc2n1. The normalized spacial score (nSPS) is 13.2. The minimum absolute atomic E-state index is 0.126. The number of rotatable bonds is 5. The summed E-state index contributed by atoms with van der Waals surface area (Å²) < 4.78 is 11.2. The summed E-state index contributed by atoms with van der Waals surface area (Å²) in [5.41, 5.74) is 3.19. The maximum Gasteiger partial charge on any atom is 0.273 e. The van der Waals surface area contributed by atoms with E-state index >= 15 is 0 Å². The summed E-state index contributed by atoms with van der Waals surface area (Å²) in [6.07, 6.45) is 0. The summed E-state index contributed by atoms with van der Waals surface area (Å²) in [4.78, 5) is 20.2. The number of aromatic nitrogens is 1. The number of hydrogen-bond donors (Lipinski definition) is 0. The van der Waals surface area contributed by atoms with E-state index in [4.69, 9.17) is 9.47 Å². The molecule has 5 heteroatoms. The van der Waals surface area contributed by atoms with Crippen LogP contribution in [0.15, 0.2) is 84.9 Å². The molecule has 0 spiro atoms. The number of carbonyl (C=O) groups excluding carboxylic acids is 1. The van der Waals surface area contributed by atoms with Crippen LogP contribution in [-0.2, 0) is 6.54 Å². The summed E-state index contributed by atoms with van der Waals surface area (Å²) in [5.74, 6) is 1.28. The quantitative estimate of drug-likeness (QED) is 0.444. The van der Waals surface area contributed by atoms with Crippen molar-refractivity contribution in [3.05, 3.63) is 102 Å². The van der Waals surface area contributed by atoms with E-state index in [0.29, 0.717) is 23.7 Å². The lowest BCUT2D eigenvalue weighted by molar-refractivity contribution is 0.0666. The predicted molar refractivity (Wildman–Crippen MR) is 119 cm³/mol. The van der Waals surface area contributed by atoms with Crippen LogP contribution in [0.25, 0.3) is 10.9 Å². The Morgan fingerprint density at radius 1 is 0.935 bits per heavy atom. The third kappa shape index (κ3) is 3.70. The van der Waals surface area contributed by atoms with Gasteiger partial charge in [-0.25, -0.2) is 4.98 Å². The Morgan fingerprint density at radius 3 is 2.61 bits per heavy atom. The van der Waals surface area contributed by atoms with Crippen molar-refractivity contribution in [3.63, 3.8) is 0 Å². The van der Waals surface area contributed by atoms with E-state index in [1.54, 1.807) is 6.07 Å². The van der Waals surface area contributed by atoms with Crippen molar-refractivity contribution in [2.24, 2.45) is 0 Å². The molecule has 1 aliphatic heterocycles. The molecule has 3 aromatic carbocycles. The highest BCUT2D eigenvalue weighted by Gasteiger charge is 2.27. The maximum absolute atomic E-state index is 13.7. The molecule has 0 unspecified atom stereocenters. The van der Waals surface area contributed by atoms with E-state index in [-0.39, 0.29) is 18.7 Å². The third-order valence-corrected chi connectivity index (χ3v) is 5.65. The van der Waals surface area contributed by atoms with Gasteiger partial charge < -0.3 is 14.4 Å². The molecule has 5 nitrogen and oxygen atoms in total. The number of pyridine rings is 1. The van der Waals surface area contributed by atoms with Gasteiger partial charge in [0, 0.05) is 10.9 Å². The number of nitrogens with zero attached hydrogens (tertiary/aromatic N) is 2. The molecule has 2 heterocycles. The molecule has 1 amide bonds. The summed E-state index contributed by atoms with van der Waals surface area (Å²) in [5, 5.41) is 1.01. The van der Waals surface area contributed by atoms with E-state index in [9.17, 15) is 4.79 Å². The van der Waals surface area contributed by atoms with Crippen LogP contribution in [0.5, 0.6) is 11.5 Å². The Balaban J connectivity index is 1.54. The number of fused-ring (bicyclic) bond motifs is 2. The molecule has 1 aliphatic rings. The average molecular weight is 410 g/mol. The molecule has 0 saturated heterocycles. The van der Waals surface area contributed by atoms with Crippen LogP contribution >= 0.6 is 0 Å². The molecule has 0 bridgehead atoms. The minimum Gasteiger partial charge on any atom is -0.454 e. The first-order valence-electron chi connectivity index (χ1n) is 10.3. The molecular weight excluding hydrogens is 388 g/mol. The highest BCUT2D eigenvalue weighted by molar-refractivity contribution is 5.95. The van der Waals surface area contributed by atoms with Gasteiger partial charge in [0.1, 0.15) is 5.69 Å². The molecule has 0 aliphatic carbocycles. The van der Waals surface area contributed by atoms with Crippen molar-refractivity contribution in [1.29, 1.82) is 0 Å². The zero-order valence-electron chi connectivity index (χ0n) is 17.2. The largest absolute Gasteiger partial charge is 0.454 e. The van der Waals surface area contributed by atoms with E-state index in [0.717, 1.165) is 22.0 Å². The number of benzene rings is 3. The Kier molecular flexibility index (Phi) is 5.00. The van der Waals surface area contributed by atoms with Gasteiger partial charge in [0.15, 0.2) is 11.5 Å². The summed E-state index contributed by atoms with van der Waals surface area (Å²) in [6.45, 7) is 2.62. The number of carbonyl (C=O) groups is 1. The van der Waals surface area contributed by atoms with Crippen LogP contribution in [0.4, 0.5) is 0 Å². The lowest BCUT2D eigenvalue weighted by Crippen LogP contribution is -2.33. The van der Waals surface area contributed by atoms with Crippen LogP contribution in [-0.4, -0.2) is 22.6 Å². The molecule has 0 fully saturated rings. The zero-order chi connectivity index (χ0) is 21.2. The number of ether oxygens (including phenoxy) is 2. The van der Waals surface area contributed by atoms with E-state index in [1.807, 2.05) is 90.7 Å². The number of hydrogen-bond acceptors (Lipinski definition) is 4. The standard InChI is InChI=1S/C26H22N2O3/c1-18(19-8-3-2-4-9-19)28(16-21-11-7-13-24-25(21)31-17-30-24)26(29)23-15-14-20-10-5-6-12-22(20)27-23/h2-15,18H,16-17H2,1H3/t18-/m1/s1. The van der Waals surface area contributed by atoms with Crippen LogP contribution in [0.2, 0.25) is 0 Å². The second kappa shape index (κ2) is 8.11. The fraction of sp³-hybridized carbons (Fsp3) is 0.154.